The van der Waals surface area contributed by atoms with Gasteiger partial charge in [-0.15, -0.1) is 11.8 Å². The number of piperazine rings is 1. The summed E-state index contributed by atoms with van der Waals surface area (Å²) in [6.45, 7) is 2.07. The fourth-order valence-electron chi connectivity index (χ4n) is 2.86. The number of rotatable bonds is 4. The lowest BCUT2D eigenvalue weighted by Crippen LogP contribution is -2.49. The Morgan fingerprint density at radius 1 is 1.04 bits per heavy atom. The quantitative estimate of drug-likeness (QED) is 0.608. The van der Waals surface area contributed by atoms with Crippen LogP contribution in [0.25, 0.3) is 0 Å². The van der Waals surface area contributed by atoms with Crippen LogP contribution in [0, 0.1) is 0 Å². The van der Waals surface area contributed by atoms with Crippen LogP contribution >= 0.6 is 27.7 Å². The number of hydrogen-bond acceptors (Lipinski definition) is 3. The predicted octanol–water partition coefficient (Wildman–Crippen LogP) is 4.91. The molecule has 1 fully saturated rings. The lowest BCUT2D eigenvalue weighted by Gasteiger charge is -2.36. The van der Waals surface area contributed by atoms with E-state index >= 15 is 0 Å². The monoisotopic (exact) mass is 458 g/mol. The maximum Gasteiger partial charge on any atom is 0.416 e. The van der Waals surface area contributed by atoms with E-state index in [0.717, 1.165) is 15.4 Å². The van der Waals surface area contributed by atoms with E-state index in [1.54, 1.807) is 11.0 Å². The topological polar surface area (TPSA) is 23.6 Å². The molecule has 0 unspecified atom stereocenters. The van der Waals surface area contributed by atoms with Gasteiger partial charge in [0, 0.05) is 41.2 Å². The lowest BCUT2D eigenvalue weighted by atomic mass is 10.1. The zero-order chi connectivity index (χ0) is 19.4. The van der Waals surface area contributed by atoms with Gasteiger partial charge in [0.2, 0.25) is 5.91 Å². The Kier molecular flexibility index (Phi) is 6.37. The van der Waals surface area contributed by atoms with Crippen LogP contribution in [0.15, 0.2) is 57.9 Å². The normalized spacial score (nSPS) is 15.1. The van der Waals surface area contributed by atoms with Crippen molar-refractivity contribution in [2.75, 3.05) is 36.8 Å². The molecule has 27 heavy (non-hydrogen) atoms. The van der Waals surface area contributed by atoms with Crippen LogP contribution in [0.2, 0.25) is 0 Å². The first-order valence-corrected chi connectivity index (χ1v) is 10.2. The van der Waals surface area contributed by atoms with Crippen LogP contribution in [-0.2, 0) is 11.0 Å². The minimum atomic E-state index is -4.35. The number of amides is 1. The number of benzene rings is 2. The highest BCUT2D eigenvalue weighted by atomic mass is 79.9. The van der Waals surface area contributed by atoms with Gasteiger partial charge >= 0.3 is 6.18 Å². The summed E-state index contributed by atoms with van der Waals surface area (Å²) in [5.41, 5.74) is -0.106. The molecule has 0 aliphatic carbocycles. The van der Waals surface area contributed by atoms with Crippen molar-refractivity contribution in [2.45, 2.75) is 11.1 Å². The third-order valence-electron chi connectivity index (χ3n) is 4.35. The van der Waals surface area contributed by atoms with Crippen LogP contribution in [0.3, 0.4) is 0 Å². The van der Waals surface area contributed by atoms with Gasteiger partial charge in [-0.3, -0.25) is 4.79 Å². The summed E-state index contributed by atoms with van der Waals surface area (Å²) in [6.07, 6.45) is -4.35. The van der Waals surface area contributed by atoms with E-state index in [1.165, 1.54) is 23.9 Å². The number of hydrogen-bond donors (Lipinski definition) is 0. The van der Waals surface area contributed by atoms with Gasteiger partial charge in [0.1, 0.15) is 0 Å². The van der Waals surface area contributed by atoms with Gasteiger partial charge in [-0.2, -0.15) is 13.2 Å². The van der Waals surface area contributed by atoms with Crippen molar-refractivity contribution in [3.05, 3.63) is 58.6 Å². The molecule has 1 aliphatic rings. The predicted molar refractivity (Wildman–Crippen MR) is 105 cm³/mol. The molecule has 2 aromatic rings. The summed E-state index contributed by atoms with van der Waals surface area (Å²) in [4.78, 5) is 17.1. The van der Waals surface area contributed by atoms with Gasteiger partial charge in [-0.05, 0) is 42.5 Å². The zero-order valence-electron chi connectivity index (χ0n) is 14.4. The second-order valence-electron chi connectivity index (χ2n) is 6.16. The van der Waals surface area contributed by atoms with Crippen LogP contribution in [0.4, 0.5) is 18.9 Å². The molecular weight excluding hydrogens is 441 g/mol. The summed E-state index contributed by atoms with van der Waals surface area (Å²) in [5, 5.41) is 0. The number of alkyl halides is 3. The molecule has 144 valence electrons. The van der Waals surface area contributed by atoms with Crippen LogP contribution < -0.4 is 4.90 Å². The van der Waals surface area contributed by atoms with Gasteiger partial charge in [0.25, 0.3) is 0 Å². The molecule has 0 N–H and O–H groups in total. The molecule has 0 saturated carbocycles. The average molecular weight is 459 g/mol. The Morgan fingerprint density at radius 3 is 2.33 bits per heavy atom. The zero-order valence-corrected chi connectivity index (χ0v) is 16.8. The number of anilines is 1. The summed E-state index contributed by atoms with van der Waals surface area (Å²) in [5.74, 6) is 0.400. The number of halogens is 4. The number of carbonyl (C=O) groups is 1. The van der Waals surface area contributed by atoms with Crippen LogP contribution in [0.1, 0.15) is 5.56 Å². The van der Waals surface area contributed by atoms with E-state index in [9.17, 15) is 18.0 Å². The smallest absolute Gasteiger partial charge is 0.368 e. The van der Waals surface area contributed by atoms with Gasteiger partial charge in [0.05, 0.1) is 11.3 Å². The molecule has 3 nitrogen and oxygen atoms in total. The van der Waals surface area contributed by atoms with Crippen molar-refractivity contribution in [3.63, 3.8) is 0 Å². The minimum absolute atomic E-state index is 0.0478. The summed E-state index contributed by atoms with van der Waals surface area (Å²) < 4.78 is 39.6. The Labute approximate surface area is 168 Å². The SMILES string of the molecule is O=C(CSc1ccc(Br)cc1)N1CCN(c2cccc(C(F)(F)F)c2)CC1. The van der Waals surface area contributed by atoms with Crippen LogP contribution in [0.5, 0.6) is 0 Å². The third kappa shape index (κ3) is 5.42. The first-order valence-electron chi connectivity index (χ1n) is 8.41. The largest absolute Gasteiger partial charge is 0.416 e. The molecule has 3 rings (SSSR count). The fourth-order valence-corrected chi connectivity index (χ4v) is 3.93. The molecule has 0 atom stereocenters. The highest BCUT2D eigenvalue weighted by Crippen LogP contribution is 2.32. The molecule has 0 radical (unpaired) electrons. The molecule has 8 heteroatoms. The Balaban J connectivity index is 1.52. The van der Waals surface area contributed by atoms with Crippen molar-refractivity contribution < 1.29 is 18.0 Å². The maximum atomic E-state index is 12.9. The summed E-state index contributed by atoms with van der Waals surface area (Å²) in [6, 6.07) is 13.1. The van der Waals surface area contributed by atoms with E-state index in [2.05, 4.69) is 15.9 Å². The molecule has 1 aliphatic heterocycles. The Hall–Kier alpha value is -1.67. The van der Waals surface area contributed by atoms with Crippen molar-refractivity contribution in [3.8, 4) is 0 Å². The second-order valence-corrected chi connectivity index (χ2v) is 8.12. The van der Waals surface area contributed by atoms with Gasteiger partial charge in [-0.25, -0.2) is 0 Å². The van der Waals surface area contributed by atoms with Gasteiger partial charge in [0.15, 0.2) is 0 Å². The second kappa shape index (κ2) is 8.56. The molecular formula is C19H18BrF3N2OS. The molecule has 1 amide bonds. The number of thioether (sulfide) groups is 1. The van der Waals surface area contributed by atoms with E-state index in [-0.39, 0.29) is 5.91 Å². The minimum Gasteiger partial charge on any atom is -0.368 e. The third-order valence-corrected chi connectivity index (χ3v) is 5.87. The van der Waals surface area contributed by atoms with E-state index in [4.69, 9.17) is 0 Å². The van der Waals surface area contributed by atoms with E-state index < -0.39 is 11.7 Å². The first kappa shape index (κ1) is 20.1. The molecule has 1 heterocycles. The Bertz CT molecular complexity index is 790. The number of carbonyl (C=O) groups excluding carboxylic acids is 1. The molecule has 2 aromatic carbocycles. The standard InChI is InChI=1S/C19H18BrF3N2OS/c20-15-4-6-17(7-5-15)27-13-18(26)25-10-8-24(9-11-25)16-3-1-2-14(12-16)19(21,22)23/h1-7,12H,8-11,13H2. The molecule has 0 spiro atoms. The maximum absolute atomic E-state index is 12.9. The molecule has 0 aromatic heterocycles. The Morgan fingerprint density at radius 2 is 1.70 bits per heavy atom. The number of nitrogens with zero attached hydrogens (tertiary/aromatic N) is 2. The van der Waals surface area contributed by atoms with E-state index in [1.807, 2.05) is 29.2 Å². The first-order chi connectivity index (χ1) is 12.8. The summed E-state index contributed by atoms with van der Waals surface area (Å²) in [7, 11) is 0. The van der Waals surface area contributed by atoms with Crippen molar-refractivity contribution in [1.29, 1.82) is 0 Å². The van der Waals surface area contributed by atoms with E-state index in [0.29, 0.717) is 37.6 Å². The van der Waals surface area contributed by atoms with Gasteiger partial charge in [-0.1, -0.05) is 22.0 Å². The van der Waals surface area contributed by atoms with Crippen molar-refractivity contribution in [2.24, 2.45) is 0 Å². The fraction of sp³-hybridized carbons (Fsp3) is 0.316. The van der Waals surface area contributed by atoms with Crippen LogP contribution in [-0.4, -0.2) is 42.7 Å². The highest BCUT2D eigenvalue weighted by molar-refractivity contribution is 9.10. The molecule has 1 saturated heterocycles. The lowest BCUT2D eigenvalue weighted by molar-refractivity contribution is -0.137. The van der Waals surface area contributed by atoms with Crippen molar-refractivity contribution >= 4 is 39.3 Å². The van der Waals surface area contributed by atoms with Crippen molar-refractivity contribution in [1.82, 2.24) is 4.90 Å². The van der Waals surface area contributed by atoms with Gasteiger partial charge < -0.3 is 9.80 Å². The summed E-state index contributed by atoms with van der Waals surface area (Å²) >= 11 is 4.86. The molecule has 0 bridgehead atoms. The average Bonchev–Trinajstić information content (AvgIpc) is 2.67. The highest BCUT2D eigenvalue weighted by Gasteiger charge is 2.31.